The molecule has 3 rings (SSSR count). The van der Waals surface area contributed by atoms with Gasteiger partial charge in [-0.3, -0.25) is 9.59 Å². The van der Waals surface area contributed by atoms with Crippen LogP contribution < -0.4 is 16.0 Å². The lowest BCUT2D eigenvalue weighted by Gasteiger charge is -2.23. The van der Waals surface area contributed by atoms with Gasteiger partial charge in [-0.25, -0.2) is 0 Å². The molecule has 0 radical (unpaired) electrons. The number of rotatable bonds is 4. The third-order valence-corrected chi connectivity index (χ3v) is 4.47. The Morgan fingerprint density at radius 1 is 1.22 bits per heavy atom. The highest BCUT2D eigenvalue weighted by Crippen LogP contribution is 2.58. The molecule has 0 aromatic rings. The molecule has 0 aromatic carbocycles. The highest BCUT2D eigenvalue weighted by molar-refractivity contribution is 5.88. The summed E-state index contributed by atoms with van der Waals surface area (Å²) in [7, 11) is 0. The van der Waals surface area contributed by atoms with Crippen LogP contribution in [0.3, 0.4) is 0 Å². The third-order valence-electron chi connectivity index (χ3n) is 4.47. The molecule has 0 aromatic heterocycles. The molecule has 1 heterocycles. The predicted octanol–water partition coefficient (Wildman–Crippen LogP) is -0.229. The molecule has 100 valence electrons. The topological polar surface area (TPSA) is 70.2 Å². The molecule has 5 heteroatoms. The molecule has 2 aliphatic carbocycles. The summed E-state index contributed by atoms with van der Waals surface area (Å²) in [6, 6.07) is 0.367. The zero-order chi connectivity index (χ0) is 12.6. The van der Waals surface area contributed by atoms with E-state index in [0.717, 1.165) is 45.2 Å². The first-order chi connectivity index (χ1) is 8.70. The standard InChI is InChI=1S/C13H21N3O2/c17-11(16-9-1-2-9)8-15-12(18)10-7-13(10)3-5-14-6-4-13/h9-10,14H,1-8H2,(H,15,18)(H,16,17)/t10-/m0/s1. The molecule has 1 atom stereocenters. The highest BCUT2D eigenvalue weighted by atomic mass is 16.2. The molecule has 3 N–H and O–H groups in total. The Labute approximate surface area is 107 Å². The minimum Gasteiger partial charge on any atom is -0.352 e. The summed E-state index contributed by atoms with van der Waals surface area (Å²) < 4.78 is 0. The van der Waals surface area contributed by atoms with Gasteiger partial charge in [-0.2, -0.15) is 0 Å². The molecule has 3 aliphatic rings. The van der Waals surface area contributed by atoms with Gasteiger partial charge in [0.15, 0.2) is 0 Å². The van der Waals surface area contributed by atoms with Crippen LogP contribution in [0.2, 0.25) is 0 Å². The van der Waals surface area contributed by atoms with Crippen molar-refractivity contribution in [1.82, 2.24) is 16.0 Å². The minimum atomic E-state index is -0.0501. The second kappa shape index (κ2) is 4.53. The smallest absolute Gasteiger partial charge is 0.239 e. The molecule has 1 aliphatic heterocycles. The van der Waals surface area contributed by atoms with E-state index < -0.39 is 0 Å². The molecule has 3 fully saturated rings. The van der Waals surface area contributed by atoms with Gasteiger partial charge < -0.3 is 16.0 Å². The van der Waals surface area contributed by atoms with E-state index in [1.807, 2.05) is 0 Å². The largest absolute Gasteiger partial charge is 0.352 e. The van der Waals surface area contributed by atoms with E-state index in [-0.39, 0.29) is 29.7 Å². The van der Waals surface area contributed by atoms with Crippen LogP contribution >= 0.6 is 0 Å². The summed E-state index contributed by atoms with van der Waals surface area (Å²) in [5.41, 5.74) is 0.252. The van der Waals surface area contributed by atoms with Crippen molar-refractivity contribution in [1.29, 1.82) is 0 Å². The monoisotopic (exact) mass is 251 g/mol. The van der Waals surface area contributed by atoms with Crippen LogP contribution in [0.4, 0.5) is 0 Å². The molecule has 18 heavy (non-hydrogen) atoms. The van der Waals surface area contributed by atoms with Gasteiger partial charge >= 0.3 is 0 Å². The van der Waals surface area contributed by atoms with Crippen molar-refractivity contribution in [2.45, 2.75) is 38.1 Å². The van der Waals surface area contributed by atoms with Gasteiger partial charge in [-0.05, 0) is 50.6 Å². The first-order valence-electron chi connectivity index (χ1n) is 6.97. The maximum Gasteiger partial charge on any atom is 0.239 e. The first-order valence-corrected chi connectivity index (χ1v) is 6.97. The molecule has 2 amide bonds. The van der Waals surface area contributed by atoms with Gasteiger partial charge in [-0.15, -0.1) is 0 Å². The summed E-state index contributed by atoms with van der Waals surface area (Å²) in [4.78, 5) is 23.4. The lowest BCUT2D eigenvalue weighted by molar-refractivity contribution is -0.127. The number of hydrogen-bond acceptors (Lipinski definition) is 3. The maximum absolute atomic E-state index is 12.0. The van der Waals surface area contributed by atoms with E-state index in [2.05, 4.69) is 16.0 Å². The van der Waals surface area contributed by atoms with Crippen molar-refractivity contribution in [3.05, 3.63) is 0 Å². The third kappa shape index (κ3) is 2.51. The Balaban J connectivity index is 1.40. The van der Waals surface area contributed by atoms with Crippen molar-refractivity contribution < 1.29 is 9.59 Å². The fourth-order valence-electron chi connectivity index (χ4n) is 2.99. The number of hydrogen-bond donors (Lipinski definition) is 3. The normalized spacial score (nSPS) is 28.8. The van der Waals surface area contributed by atoms with Crippen LogP contribution in [0.15, 0.2) is 0 Å². The second-order valence-corrected chi connectivity index (χ2v) is 5.93. The Morgan fingerprint density at radius 3 is 2.61 bits per heavy atom. The number of carbonyl (C=O) groups is 2. The lowest BCUT2D eigenvalue weighted by atomic mass is 9.92. The molecule has 1 spiro atoms. The van der Waals surface area contributed by atoms with Crippen LogP contribution in [0, 0.1) is 11.3 Å². The van der Waals surface area contributed by atoms with Gasteiger partial charge in [0.25, 0.3) is 0 Å². The van der Waals surface area contributed by atoms with Crippen molar-refractivity contribution in [3.8, 4) is 0 Å². The van der Waals surface area contributed by atoms with Gasteiger partial charge in [0.05, 0.1) is 6.54 Å². The Kier molecular flexibility index (Phi) is 3.01. The molecule has 2 saturated carbocycles. The number of carbonyl (C=O) groups excluding carboxylic acids is 2. The zero-order valence-corrected chi connectivity index (χ0v) is 10.6. The molecule has 5 nitrogen and oxygen atoms in total. The molecular formula is C13H21N3O2. The molecule has 0 unspecified atom stereocenters. The fourth-order valence-corrected chi connectivity index (χ4v) is 2.99. The molecule has 1 saturated heterocycles. The van der Waals surface area contributed by atoms with Crippen molar-refractivity contribution in [3.63, 3.8) is 0 Å². The Bertz CT molecular complexity index is 359. The van der Waals surface area contributed by atoms with E-state index in [1.165, 1.54) is 0 Å². The van der Waals surface area contributed by atoms with E-state index >= 15 is 0 Å². The van der Waals surface area contributed by atoms with Crippen LogP contribution in [-0.4, -0.2) is 37.5 Å². The minimum absolute atomic E-state index is 0.0501. The number of nitrogens with one attached hydrogen (secondary N) is 3. The van der Waals surface area contributed by atoms with E-state index in [0.29, 0.717) is 6.04 Å². The number of amides is 2. The van der Waals surface area contributed by atoms with Gasteiger partial charge in [0.1, 0.15) is 0 Å². The van der Waals surface area contributed by atoms with Crippen LogP contribution in [0.25, 0.3) is 0 Å². The van der Waals surface area contributed by atoms with E-state index in [1.54, 1.807) is 0 Å². The Hall–Kier alpha value is -1.10. The predicted molar refractivity (Wildman–Crippen MR) is 66.8 cm³/mol. The maximum atomic E-state index is 12.0. The summed E-state index contributed by atoms with van der Waals surface area (Å²) >= 11 is 0. The second-order valence-electron chi connectivity index (χ2n) is 5.93. The summed E-state index contributed by atoms with van der Waals surface area (Å²) in [6.45, 7) is 2.18. The van der Waals surface area contributed by atoms with Crippen molar-refractivity contribution in [2.75, 3.05) is 19.6 Å². The van der Waals surface area contributed by atoms with E-state index in [4.69, 9.17) is 0 Å². The van der Waals surface area contributed by atoms with Crippen molar-refractivity contribution in [2.24, 2.45) is 11.3 Å². The SMILES string of the molecule is O=C(CNC(=O)[C@@H]1CC12CCNCC2)NC1CC1. The van der Waals surface area contributed by atoms with Gasteiger partial charge in [0, 0.05) is 12.0 Å². The van der Waals surface area contributed by atoms with Crippen LogP contribution in [-0.2, 0) is 9.59 Å². The Morgan fingerprint density at radius 2 is 1.94 bits per heavy atom. The summed E-state index contributed by atoms with van der Waals surface area (Å²) in [6.07, 6.45) is 5.36. The van der Waals surface area contributed by atoms with Gasteiger partial charge in [0.2, 0.25) is 11.8 Å². The quantitative estimate of drug-likeness (QED) is 0.646. The average Bonchev–Trinajstić information content (AvgIpc) is 3.27. The molecular weight excluding hydrogens is 230 g/mol. The molecule has 0 bridgehead atoms. The summed E-state index contributed by atoms with van der Waals surface area (Å²) in [5, 5.41) is 8.98. The van der Waals surface area contributed by atoms with Gasteiger partial charge in [-0.1, -0.05) is 0 Å². The van der Waals surface area contributed by atoms with E-state index in [9.17, 15) is 9.59 Å². The fraction of sp³-hybridized carbons (Fsp3) is 0.846. The van der Waals surface area contributed by atoms with Crippen LogP contribution in [0.5, 0.6) is 0 Å². The summed E-state index contributed by atoms with van der Waals surface area (Å²) in [5.74, 6) is 0.169. The highest BCUT2D eigenvalue weighted by Gasteiger charge is 2.57. The lowest BCUT2D eigenvalue weighted by Crippen LogP contribution is -2.39. The zero-order valence-electron chi connectivity index (χ0n) is 10.6. The van der Waals surface area contributed by atoms with Crippen LogP contribution in [0.1, 0.15) is 32.1 Å². The number of piperidine rings is 1. The first kappa shape index (κ1) is 12.0. The van der Waals surface area contributed by atoms with Crippen molar-refractivity contribution >= 4 is 11.8 Å². The average molecular weight is 251 g/mol.